The molecule has 0 unspecified atom stereocenters. The fourth-order valence-corrected chi connectivity index (χ4v) is 2.81. The monoisotopic (exact) mass is 359 g/mol. The van der Waals surface area contributed by atoms with Crippen molar-refractivity contribution in [1.82, 2.24) is 9.97 Å². The minimum atomic E-state index is -0.0424. The van der Waals surface area contributed by atoms with Crippen LogP contribution in [-0.4, -0.2) is 9.97 Å². The summed E-state index contributed by atoms with van der Waals surface area (Å²) in [5.74, 6) is 1.47. The van der Waals surface area contributed by atoms with Crippen LogP contribution in [0.25, 0.3) is 12.2 Å². The number of halogens is 1. The molecule has 124 valence electrons. The van der Waals surface area contributed by atoms with Crippen LogP contribution in [0.15, 0.2) is 41.1 Å². The zero-order valence-electron chi connectivity index (χ0n) is 13.7. The van der Waals surface area contributed by atoms with Crippen molar-refractivity contribution in [2.45, 2.75) is 26.2 Å². The summed E-state index contributed by atoms with van der Waals surface area (Å²) in [6.45, 7) is 6.29. The topological polar surface area (TPSA) is 51.0 Å². The van der Waals surface area contributed by atoms with Gasteiger partial charge in [-0.1, -0.05) is 43.7 Å². The number of oxazole rings is 1. The molecule has 4 nitrogen and oxygen atoms in total. The SMILES string of the molecule is CC(C)(C)c1cnc(/C=C/c2cnc(Nc3ccc(Cl)cc3)s2)o1. The lowest BCUT2D eigenvalue weighted by atomic mass is 9.94. The normalized spacial score (nSPS) is 12.0. The Bertz CT molecular complexity index is 844. The number of aromatic nitrogens is 2. The van der Waals surface area contributed by atoms with Crippen LogP contribution < -0.4 is 5.32 Å². The summed E-state index contributed by atoms with van der Waals surface area (Å²) in [6.07, 6.45) is 7.39. The lowest BCUT2D eigenvalue weighted by molar-refractivity contribution is 0.403. The Balaban J connectivity index is 1.67. The van der Waals surface area contributed by atoms with E-state index in [1.165, 1.54) is 0 Å². The van der Waals surface area contributed by atoms with E-state index in [0.29, 0.717) is 10.9 Å². The summed E-state index contributed by atoms with van der Waals surface area (Å²) in [7, 11) is 0. The average Bonchev–Trinajstić information content (AvgIpc) is 3.16. The Hall–Kier alpha value is -2.11. The zero-order chi connectivity index (χ0) is 17.2. The largest absolute Gasteiger partial charge is 0.441 e. The van der Waals surface area contributed by atoms with Gasteiger partial charge in [0, 0.05) is 33.3 Å². The minimum Gasteiger partial charge on any atom is -0.441 e. The lowest BCUT2D eigenvalue weighted by Crippen LogP contribution is -2.09. The van der Waals surface area contributed by atoms with Gasteiger partial charge in [-0.2, -0.15) is 0 Å². The number of hydrogen-bond acceptors (Lipinski definition) is 5. The number of rotatable bonds is 4. The molecule has 0 spiro atoms. The van der Waals surface area contributed by atoms with Gasteiger partial charge in [-0.05, 0) is 30.3 Å². The minimum absolute atomic E-state index is 0.0424. The lowest BCUT2D eigenvalue weighted by Gasteiger charge is -2.12. The third kappa shape index (κ3) is 4.24. The maximum atomic E-state index is 5.88. The first kappa shape index (κ1) is 16.7. The molecule has 3 rings (SSSR count). The summed E-state index contributed by atoms with van der Waals surface area (Å²) in [6, 6.07) is 7.52. The summed E-state index contributed by atoms with van der Waals surface area (Å²) in [5.41, 5.74) is 0.908. The Morgan fingerprint density at radius 1 is 1.08 bits per heavy atom. The van der Waals surface area contributed by atoms with Crippen molar-refractivity contribution < 1.29 is 4.42 Å². The van der Waals surface area contributed by atoms with Crippen molar-refractivity contribution in [2.75, 3.05) is 5.32 Å². The molecule has 1 N–H and O–H groups in total. The van der Waals surface area contributed by atoms with E-state index in [4.69, 9.17) is 16.0 Å². The van der Waals surface area contributed by atoms with Crippen molar-refractivity contribution in [1.29, 1.82) is 0 Å². The number of thiazole rings is 1. The first-order valence-electron chi connectivity index (χ1n) is 7.53. The molecule has 0 aliphatic rings. The second-order valence-electron chi connectivity index (χ2n) is 6.35. The Morgan fingerprint density at radius 3 is 2.50 bits per heavy atom. The maximum Gasteiger partial charge on any atom is 0.218 e. The van der Waals surface area contributed by atoms with E-state index in [1.807, 2.05) is 42.6 Å². The molecule has 0 aliphatic carbocycles. The van der Waals surface area contributed by atoms with Gasteiger partial charge in [0.2, 0.25) is 5.89 Å². The highest BCUT2D eigenvalue weighted by atomic mass is 35.5. The van der Waals surface area contributed by atoms with Gasteiger partial charge in [0.25, 0.3) is 0 Å². The molecule has 1 aromatic carbocycles. The van der Waals surface area contributed by atoms with Crippen molar-refractivity contribution in [3.05, 3.63) is 58.2 Å². The fourth-order valence-electron chi connectivity index (χ4n) is 1.94. The van der Waals surface area contributed by atoms with Gasteiger partial charge in [-0.25, -0.2) is 9.97 Å². The molecule has 2 aromatic heterocycles. The molecule has 6 heteroatoms. The Morgan fingerprint density at radius 2 is 1.83 bits per heavy atom. The van der Waals surface area contributed by atoms with Crippen LogP contribution in [0.4, 0.5) is 10.8 Å². The van der Waals surface area contributed by atoms with Crippen LogP contribution >= 0.6 is 22.9 Å². The second kappa shape index (κ2) is 6.79. The predicted molar refractivity (Wildman–Crippen MR) is 101 cm³/mol. The van der Waals surface area contributed by atoms with Gasteiger partial charge >= 0.3 is 0 Å². The average molecular weight is 360 g/mol. The van der Waals surface area contributed by atoms with E-state index >= 15 is 0 Å². The second-order valence-corrected chi connectivity index (χ2v) is 7.84. The van der Waals surface area contributed by atoms with Gasteiger partial charge in [0.15, 0.2) is 5.13 Å². The molecule has 0 aliphatic heterocycles. The van der Waals surface area contributed by atoms with Gasteiger partial charge in [-0.15, -0.1) is 0 Å². The highest BCUT2D eigenvalue weighted by Crippen LogP contribution is 2.26. The van der Waals surface area contributed by atoms with Crippen molar-refractivity contribution in [3.8, 4) is 0 Å². The van der Waals surface area contributed by atoms with Crippen LogP contribution in [0.1, 0.15) is 37.3 Å². The molecule has 0 bridgehead atoms. The summed E-state index contributed by atoms with van der Waals surface area (Å²) in [5, 5.41) is 4.78. The van der Waals surface area contributed by atoms with Crippen molar-refractivity contribution in [3.63, 3.8) is 0 Å². The smallest absolute Gasteiger partial charge is 0.218 e. The molecule has 2 heterocycles. The van der Waals surface area contributed by atoms with Crippen LogP contribution in [0, 0.1) is 0 Å². The third-order valence-electron chi connectivity index (χ3n) is 3.27. The van der Waals surface area contributed by atoms with Gasteiger partial charge in [0.1, 0.15) is 5.76 Å². The quantitative estimate of drug-likeness (QED) is 0.621. The van der Waals surface area contributed by atoms with Crippen LogP contribution in [0.5, 0.6) is 0 Å². The predicted octanol–water partition coefficient (Wildman–Crippen LogP) is 6.00. The van der Waals surface area contributed by atoms with Crippen LogP contribution in [0.3, 0.4) is 0 Å². The Kier molecular flexibility index (Phi) is 4.73. The molecule has 0 saturated carbocycles. The first-order valence-corrected chi connectivity index (χ1v) is 8.72. The molecule has 0 amide bonds. The number of hydrogen-bond donors (Lipinski definition) is 1. The molecule has 24 heavy (non-hydrogen) atoms. The summed E-state index contributed by atoms with van der Waals surface area (Å²) >= 11 is 7.44. The molecular formula is C18H18ClN3OS. The number of nitrogens with zero attached hydrogens (tertiary/aromatic N) is 2. The van der Waals surface area contributed by atoms with Crippen LogP contribution in [0.2, 0.25) is 5.02 Å². The van der Waals surface area contributed by atoms with Crippen LogP contribution in [-0.2, 0) is 5.41 Å². The molecule has 0 radical (unpaired) electrons. The number of benzene rings is 1. The zero-order valence-corrected chi connectivity index (χ0v) is 15.3. The number of nitrogens with one attached hydrogen (secondary N) is 1. The molecule has 0 fully saturated rings. The number of anilines is 2. The maximum absolute atomic E-state index is 5.88. The van der Waals surface area contributed by atoms with E-state index in [0.717, 1.165) is 21.5 Å². The third-order valence-corrected chi connectivity index (χ3v) is 4.40. The molecular weight excluding hydrogens is 342 g/mol. The first-order chi connectivity index (χ1) is 11.4. The molecule has 0 saturated heterocycles. The van der Waals surface area contributed by atoms with Gasteiger partial charge in [-0.3, -0.25) is 0 Å². The highest BCUT2D eigenvalue weighted by molar-refractivity contribution is 7.16. The van der Waals surface area contributed by atoms with Crippen molar-refractivity contribution in [2.24, 2.45) is 0 Å². The standard InChI is InChI=1S/C18H18ClN3OS/c1-18(2,3)15-11-20-16(23-15)9-8-14-10-21-17(24-14)22-13-6-4-12(19)5-7-13/h4-11H,1-3H3,(H,21,22)/b9-8+. The van der Waals surface area contributed by atoms with E-state index in [9.17, 15) is 0 Å². The van der Waals surface area contributed by atoms with E-state index in [1.54, 1.807) is 17.5 Å². The van der Waals surface area contributed by atoms with Gasteiger partial charge < -0.3 is 9.73 Å². The Labute approximate surface area is 150 Å². The van der Waals surface area contributed by atoms with E-state index in [2.05, 4.69) is 36.1 Å². The van der Waals surface area contributed by atoms with E-state index in [-0.39, 0.29) is 5.41 Å². The molecule has 0 atom stereocenters. The summed E-state index contributed by atoms with van der Waals surface area (Å²) < 4.78 is 5.74. The van der Waals surface area contributed by atoms with Gasteiger partial charge in [0.05, 0.1) is 6.20 Å². The summed E-state index contributed by atoms with van der Waals surface area (Å²) in [4.78, 5) is 9.66. The highest BCUT2D eigenvalue weighted by Gasteiger charge is 2.18. The molecule has 3 aromatic rings. The fraction of sp³-hybridized carbons (Fsp3) is 0.222. The van der Waals surface area contributed by atoms with Crippen molar-refractivity contribution >= 4 is 45.9 Å². The van der Waals surface area contributed by atoms with E-state index < -0.39 is 0 Å².